The molecule has 0 amide bonds. The number of halogens is 1. The molecular formula is C10H11ClN2O3S. The summed E-state index contributed by atoms with van der Waals surface area (Å²) in [5.74, 6) is -0.185. The molecule has 0 aliphatic rings. The molecule has 0 bridgehead atoms. The minimum absolute atomic E-state index is 0.245. The number of hydrogen-bond acceptors (Lipinski definition) is 5. The van der Waals surface area contributed by atoms with Gasteiger partial charge in [-0.3, -0.25) is 0 Å². The zero-order chi connectivity index (χ0) is 13.0. The number of esters is 1. The van der Waals surface area contributed by atoms with E-state index in [1.54, 1.807) is 6.92 Å². The summed E-state index contributed by atoms with van der Waals surface area (Å²) >= 11 is 6.79. The van der Waals surface area contributed by atoms with Gasteiger partial charge in [-0.15, -0.1) is 0 Å². The lowest BCUT2D eigenvalue weighted by Gasteiger charge is -2.08. The molecule has 92 valence electrons. The Morgan fingerprint density at radius 2 is 2.29 bits per heavy atom. The monoisotopic (exact) mass is 274 g/mol. The first-order valence-corrected chi connectivity index (χ1v) is 5.97. The smallest absolute Gasteiger partial charge is 0.346 e. The predicted molar refractivity (Wildman–Crippen MR) is 66.7 cm³/mol. The molecule has 1 heterocycles. The highest BCUT2D eigenvalue weighted by molar-refractivity contribution is 7.99. The number of carbonyl (C=O) groups excluding carboxylic acids is 1. The number of aryl methyl sites for hydroxylation is 1. The van der Waals surface area contributed by atoms with Crippen LogP contribution < -0.4 is 5.69 Å². The van der Waals surface area contributed by atoms with Gasteiger partial charge < -0.3 is 9.72 Å². The van der Waals surface area contributed by atoms with Crippen LogP contribution in [0.3, 0.4) is 0 Å². The fourth-order valence-electron chi connectivity index (χ4n) is 1.15. The molecule has 0 atom stereocenters. The van der Waals surface area contributed by atoms with E-state index in [0.29, 0.717) is 21.5 Å². The summed E-state index contributed by atoms with van der Waals surface area (Å²) in [4.78, 5) is 29.0. The SMILES string of the molecule is C=C(Cl)CSc1nc(=O)[nH]c(C)c1C(=O)OC. The van der Waals surface area contributed by atoms with Crippen LogP contribution in [0.25, 0.3) is 0 Å². The van der Waals surface area contributed by atoms with Crippen molar-refractivity contribution < 1.29 is 9.53 Å². The number of hydrogen-bond donors (Lipinski definition) is 1. The van der Waals surface area contributed by atoms with Crippen LogP contribution in [0.15, 0.2) is 21.4 Å². The predicted octanol–water partition coefficient (Wildman–Crippen LogP) is 1.71. The van der Waals surface area contributed by atoms with Gasteiger partial charge in [0.05, 0.1) is 7.11 Å². The molecule has 7 heteroatoms. The third-order valence-electron chi connectivity index (χ3n) is 1.84. The van der Waals surface area contributed by atoms with Gasteiger partial charge >= 0.3 is 11.7 Å². The van der Waals surface area contributed by atoms with Crippen LogP contribution >= 0.6 is 23.4 Å². The van der Waals surface area contributed by atoms with E-state index in [1.165, 1.54) is 7.11 Å². The van der Waals surface area contributed by atoms with E-state index in [9.17, 15) is 9.59 Å². The number of nitrogens with one attached hydrogen (secondary N) is 1. The van der Waals surface area contributed by atoms with E-state index < -0.39 is 11.7 Å². The third-order valence-corrected chi connectivity index (χ3v) is 3.20. The fourth-order valence-corrected chi connectivity index (χ4v) is 2.14. The molecule has 1 N–H and O–H groups in total. The van der Waals surface area contributed by atoms with Crippen molar-refractivity contribution in [2.75, 3.05) is 12.9 Å². The Hall–Kier alpha value is -1.27. The van der Waals surface area contributed by atoms with Gasteiger partial charge in [0.2, 0.25) is 0 Å². The second kappa shape index (κ2) is 5.88. The summed E-state index contributed by atoms with van der Waals surface area (Å²) in [6.45, 7) is 5.13. The average Bonchev–Trinajstić information content (AvgIpc) is 2.24. The normalized spacial score (nSPS) is 10.1. The molecule has 0 aromatic carbocycles. The van der Waals surface area contributed by atoms with Crippen molar-refractivity contribution in [3.8, 4) is 0 Å². The van der Waals surface area contributed by atoms with Crippen LogP contribution in [0.1, 0.15) is 16.1 Å². The van der Waals surface area contributed by atoms with Gasteiger partial charge in [0, 0.05) is 16.5 Å². The number of rotatable bonds is 4. The molecule has 0 saturated carbocycles. The van der Waals surface area contributed by atoms with Crippen molar-refractivity contribution in [3.63, 3.8) is 0 Å². The van der Waals surface area contributed by atoms with Gasteiger partial charge in [-0.1, -0.05) is 29.9 Å². The molecule has 0 aliphatic carbocycles. The molecule has 0 unspecified atom stereocenters. The number of thioether (sulfide) groups is 1. The van der Waals surface area contributed by atoms with E-state index in [4.69, 9.17) is 11.6 Å². The Morgan fingerprint density at radius 1 is 1.65 bits per heavy atom. The lowest BCUT2D eigenvalue weighted by Crippen LogP contribution is -2.19. The first-order chi connectivity index (χ1) is 7.95. The second-order valence-corrected chi connectivity index (χ2v) is 4.64. The van der Waals surface area contributed by atoms with Crippen molar-refractivity contribution in [1.29, 1.82) is 0 Å². The summed E-state index contributed by atoms with van der Waals surface area (Å²) in [6.07, 6.45) is 0. The van der Waals surface area contributed by atoms with E-state index in [2.05, 4.69) is 21.3 Å². The maximum Gasteiger partial charge on any atom is 0.346 e. The van der Waals surface area contributed by atoms with Gasteiger partial charge in [-0.2, -0.15) is 4.98 Å². The molecule has 0 spiro atoms. The minimum Gasteiger partial charge on any atom is -0.465 e. The van der Waals surface area contributed by atoms with Crippen LogP contribution in [0, 0.1) is 6.92 Å². The zero-order valence-electron chi connectivity index (χ0n) is 9.37. The Morgan fingerprint density at radius 3 is 2.82 bits per heavy atom. The third kappa shape index (κ3) is 3.61. The van der Waals surface area contributed by atoms with E-state index >= 15 is 0 Å². The van der Waals surface area contributed by atoms with Gasteiger partial charge in [0.15, 0.2) is 0 Å². The average molecular weight is 275 g/mol. The van der Waals surface area contributed by atoms with Crippen molar-refractivity contribution in [2.24, 2.45) is 0 Å². The van der Waals surface area contributed by atoms with Crippen molar-refractivity contribution >= 4 is 29.3 Å². The largest absolute Gasteiger partial charge is 0.465 e. The molecule has 17 heavy (non-hydrogen) atoms. The fraction of sp³-hybridized carbons (Fsp3) is 0.300. The van der Waals surface area contributed by atoms with E-state index in [1.807, 2.05) is 0 Å². The molecule has 1 aromatic heterocycles. The van der Waals surface area contributed by atoms with Gasteiger partial charge in [-0.25, -0.2) is 9.59 Å². The topological polar surface area (TPSA) is 72.0 Å². The number of nitrogens with zero attached hydrogens (tertiary/aromatic N) is 1. The molecule has 5 nitrogen and oxygen atoms in total. The van der Waals surface area contributed by atoms with Crippen LogP contribution in [0.5, 0.6) is 0 Å². The molecular weight excluding hydrogens is 264 g/mol. The Labute approximate surface area is 107 Å². The summed E-state index contributed by atoms with van der Waals surface area (Å²) in [5, 5.41) is 0.699. The van der Waals surface area contributed by atoms with Crippen LogP contribution in [-0.4, -0.2) is 28.8 Å². The van der Waals surface area contributed by atoms with Gasteiger partial charge in [0.1, 0.15) is 10.6 Å². The lowest BCUT2D eigenvalue weighted by molar-refractivity contribution is 0.0594. The van der Waals surface area contributed by atoms with Crippen molar-refractivity contribution in [3.05, 3.63) is 33.4 Å². The summed E-state index contributed by atoms with van der Waals surface area (Å²) in [6, 6.07) is 0. The number of ether oxygens (including phenoxy) is 1. The Bertz CT molecular complexity index is 513. The summed E-state index contributed by atoms with van der Waals surface area (Å²) in [5.41, 5.74) is 0.146. The Balaban J connectivity index is 3.20. The maximum absolute atomic E-state index is 11.6. The molecule has 0 aliphatic heterocycles. The molecule has 1 rings (SSSR count). The van der Waals surface area contributed by atoms with Crippen molar-refractivity contribution in [1.82, 2.24) is 9.97 Å². The minimum atomic E-state index is -0.547. The first kappa shape index (κ1) is 13.8. The molecule has 0 fully saturated rings. The standard InChI is InChI=1S/C10H11ClN2O3S/c1-5(11)4-17-8-7(9(14)16-3)6(2)12-10(15)13-8/h1,4H2,2-3H3,(H,12,13,15). The first-order valence-electron chi connectivity index (χ1n) is 4.61. The van der Waals surface area contributed by atoms with Crippen LogP contribution in [0.4, 0.5) is 0 Å². The number of H-pyrrole nitrogens is 1. The molecule has 0 radical (unpaired) electrons. The van der Waals surface area contributed by atoms with E-state index in [-0.39, 0.29) is 5.56 Å². The zero-order valence-corrected chi connectivity index (χ0v) is 10.9. The number of aromatic nitrogens is 2. The van der Waals surface area contributed by atoms with E-state index in [0.717, 1.165) is 11.8 Å². The highest BCUT2D eigenvalue weighted by atomic mass is 35.5. The van der Waals surface area contributed by atoms with Crippen LogP contribution in [-0.2, 0) is 4.74 Å². The Kier molecular flexibility index (Phi) is 4.77. The van der Waals surface area contributed by atoms with Crippen molar-refractivity contribution in [2.45, 2.75) is 11.9 Å². The molecule has 0 saturated heterocycles. The lowest BCUT2D eigenvalue weighted by atomic mass is 10.2. The molecule has 1 aromatic rings. The quantitative estimate of drug-likeness (QED) is 0.514. The number of aromatic amines is 1. The highest BCUT2D eigenvalue weighted by Crippen LogP contribution is 2.23. The van der Waals surface area contributed by atoms with Gasteiger partial charge in [-0.05, 0) is 6.92 Å². The number of methoxy groups -OCH3 is 1. The summed E-state index contributed by atoms with van der Waals surface area (Å²) in [7, 11) is 1.27. The van der Waals surface area contributed by atoms with Gasteiger partial charge in [0.25, 0.3) is 0 Å². The number of carbonyl (C=O) groups is 1. The summed E-state index contributed by atoms with van der Waals surface area (Å²) < 4.78 is 4.63. The maximum atomic E-state index is 11.6. The highest BCUT2D eigenvalue weighted by Gasteiger charge is 2.18. The van der Waals surface area contributed by atoms with Crippen LogP contribution in [0.2, 0.25) is 0 Å². The second-order valence-electron chi connectivity index (χ2n) is 3.14.